The quantitative estimate of drug-likeness (QED) is 0.364. The predicted molar refractivity (Wildman–Crippen MR) is 133 cm³/mol. The molecular weight excluding hydrogens is 561 g/mol. The molecule has 1 fully saturated rings. The highest BCUT2D eigenvalue weighted by Crippen LogP contribution is 2.49. The van der Waals surface area contributed by atoms with Crippen molar-refractivity contribution in [3.05, 3.63) is 93.0 Å². The predicted octanol–water partition coefficient (Wildman–Crippen LogP) is 5.37. The molecule has 13 heteroatoms. The number of rotatable bonds is 3. The second-order valence-electron chi connectivity index (χ2n) is 9.87. The number of ether oxygens (including phenoxy) is 1. The minimum atomic E-state index is -5.22. The summed E-state index contributed by atoms with van der Waals surface area (Å²) in [4.78, 5) is 27.2. The lowest BCUT2D eigenvalue weighted by atomic mass is 9.90. The number of nitrogens with zero attached hydrogens (tertiary/aromatic N) is 1. The number of anilines is 2. The molecule has 0 unspecified atom stereocenters. The normalized spacial score (nSPS) is 22.0. The van der Waals surface area contributed by atoms with Crippen molar-refractivity contribution in [3.8, 4) is 0 Å². The molecule has 0 saturated carbocycles. The first-order chi connectivity index (χ1) is 18.9. The summed E-state index contributed by atoms with van der Waals surface area (Å²) in [5.74, 6) is -2.26. The first-order valence-corrected chi connectivity index (χ1v) is 12.4. The minimum absolute atomic E-state index is 0.0687. The number of alkyl halides is 3. The monoisotopic (exact) mass is 579 g/mol. The fourth-order valence-electron chi connectivity index (χ4n) is 5.27. The lowest BCUT2D eigenvalue weighted by Crippen LogP contribution is -2.48. The molecule has 6 rings (SSSR count). The number of carbonyl (C=O) groups is 2. The summed E-state index contributed by atoms with van der Waals surface area (Å²) in [6, 6.07) is 7.11. The van der Waals surface area contributed by atoms with Crippen molar-refractivity contribution < 1.29 is 41.4 Å². The molecule has 0 aliphatic carbocycles. The van der Waals surface area contributed by atoms with E-state index in [0.717, 1.165) is 24.3 Å². The topological polar surface area (TPSA) is 90.9 Å². The van der Waals surface area contributed by atoms with Crippen LogP contribution in [0.15, 0.2) is 48.5 Å². The molecule has 1 saturated heterocycles. The second-order valence-corrected chi connectivity index (χ2v) is 10.3. The first-order valence-electron chi connectivity index (χ1n) is 12.1. The third-order valence-corrected chi connectivity index (χ3v) is 7.77. The minimum Gasteiger partial charge on any atom is -0.380 e. The molecule has 3 amide bonds. The fraction of sp³-hybridized carbons (Fsp3) is 0.259. The van der Waals surface area contributed by atoms with Crippen LogP contribution >= 0.6 is 11.6 Å². The maximum absolute atomic E-state index is 14.1. The van der Waals surface area contributed by atoms with Crippen LogP contribution in [0.25, 0.3) is 0 Å². The Morgan fingerprint density at radius 1 is 1.10 bits per heavy atom. The molecule has 0 spiro atoms. The number of carbonyl (C=O) groups excluding carboxylic acids is 2. The Hall–Kier alpha value is -3.74. The number of hydrogen-bond donors (Lipinski definition) is 3. The van der Waals surface area contributed by atoms with E-state index in [1.807, 2.05) is 0 Å². The van der Waals surface area contributed by atoms with Gasteiger partial charge in [0.2, 0.25) is 5.60 Å². The lowest BCUT2D eigenvalue weighted by molar-refractivity contribution is -0.258. The van der Waals surface area contributed by atoms with E-state index in [-0.39, 0.29) is 39.0 Å². The van der Waals surface area contributed by atoms with Gasteiger partial charge in [0.25, 0.3) is 5.91 Å². The van der Waals surface area contributed by atoms with E-state index in [9.17, 15) is 36.6 Å². The van der Waals surface area contributed by atoms with E-state index in [0.29, 0.717) is 29.7 Å². The van der Waals surface area contributed by atoms with Gasteiger partial charge in [0.1, 0.15) is 11.6 Å². The summed E-state index contributed by atoms with van der Waals surface area (Å²) >= 11 is 6.31. The lowest BCUT2D eigenvalue weighted by Gasteiger charge is -2.29. The molecule has 3 heterocycles. The van der Waals surface area contributed by atoms with Gasteiger partial charge in [-0.2, -0.15) is 13.2 Å². The van der Waals surface area contributed by atoms with E-state index in [1.54, 1.807) is 12.1 Å². The van der Waals surface area contributed by atoms with Crippen molar-refractivity contribution in [3.63, 3.8) is 0 Å². The molecule has 3 aromatic rings. The van der Waals surface area contributed by atoms with Crippen LogP contribution in [0.5, 0.6) is 0 Å². The summed E-state index contributed by atoms with van der Waals surface area (Å²) in [5.41, 5.74) is -3.34. The summed E-state index contributed by atoms with van der Waals surface area (Å²) < 4.78 is 75.0. The Bertz CT molecular complexity index is 1580. The van der Waals surface area contributed by atoms with E-state index < -0.39 is 53.5 Å². The summed E-state index contributed by atoms with van der Waals surface area (Å²) in [6.07, 6.45) is -5.22. The van der Waals surface area contributed by atoms with Gasteiger partial charge in [-0.05, 0) is 54.1 Å². The van der Waals surface area contributed by atoms with Crippen LogP contribution in [0.2, 0.25) is 5.02 Å². The van der Waals surface area contributed by atoms with E-state index in [2.05, 4.69) is 10.6 Å². The maximum atomic E-state index is 14.1. The van der Waals surface area contributed by atoms with Gasteiger partial charge in [-0.25, -0.2) is 13.6 Å². The summed E-state index contributed by atoms with van der Waals surface area (Å²) in [5, 5.41) is 16.0. The van der Waals surface area contributed by atoms with Crippen LogP contribution in [-0.2, 0) is 10.3 Å². The molecule has 2 atom stereocenters. The molecule has 40 heavy (non-hydrogen) atoms. The SMILES string of the molecule is O=C1N[C@@H](c2cc(F)ccc2Cl)c2c(NC(=O)N3C[C@@](O)(C(F)(F)F)c4cc(F)ccc43)cc(C3COC3)cc21. The van der Waals surface area contributed by atoms with Crippen LogP contribution in [0.3, 0.4) is 0 Å². The largest absolute Gasteiger partial charge is 0.423 e. The van der Waals surface area contributed by atoms with Crippen molar-refractivity contribution in [2.75, 3.05) is 30.0 Å². The summed E-state index contributed by atoms with van der Waals surface area (Å²) in [6.45, 7) is -0.511. The number of fused-ring (bicyclic) bond motifs is 2. The number of nitrogens with one attached hydrogen (secondary N) is 2. The Balaban J connectivity index is 1.44. The second kappa shape index (κ2) is 9.15. The van der Waals surface area contributed by atoms with E-state index in [4.69, 9.17) is 16.3 Å². The number of halogens is 6. The Morgan fingerprint density at radius 3 is 2.48 bits per heavy atom. The average Bonchev–Trinajstić information content (AvgIpc) is 3.34. The Labute approximate surface area is 228 Å². The third-order valence-electron chi connectivity index (χ3n) is 7.43. The fourth-order valence-corrected chi connectivity index (χ4v) is 5.50. The zero-order chi connectivity index (χ0) is 28.6. The zero-order valence-corrected chi connectivity index (χ0v) is 21.0. The number of β-amino-alcohol motifs (C(OH)–C–C–N with tert-alkyl or cyclic N) is 1. The number of hydrogen-bond acceptors (Lipinski definition) is 4. The van der Waals surface area contributed by atoms with E-state index in [1.165, 1.54) is 6.07 Å². The molecule has 3 aliphatic rings. The smallest absolute Gasteiger partial charge is 0.380 e. The molecular formula is C27H19ClF5N3O4. The van der Waals surface area contributed by atoms with Gasteiger partial charge in [0.15, 0.2) is 0 Å². The Morgan fingerprint density at radius 2 is 1.80 bits per heavy atom. The van der Waals surface area contributed by atoms with Crippen molar-refractivity contribution in [2.24, 2.45) is 0 Å². The number of amides is 3. The van der Waals surface area contributed by atoms with Gasteiger partial charge in [0.05, 0.1) is 31.5 Å². The molecule has 0 bridgehead atoms. The summed E-state index contributed by atoms with van der Waals surface area (Å²) in [7, 11) is 0. The Kier molecular flexibility index (Phi) is 6.06. The highest BCUT2D eigenvalue weighted by molar-refractivity contribution is 6.31. The number of urea groups is 1. The molecule has 7 nitrogen and oxygen atoms in total. The highest BCUT2D eigenvalue weighted by Gasteiger charge is 2.61. The molecule has 208 valence electrons. The van der Waals surface area contributed by atoms with Gasteiger partial charge in [-0.1, -0.05) is 11.6 Å². The molecule has 0 aromatic heterocycles. The highest BCUT2D eigenvalue weighted by atomic mass is 35.5. The number of benzene rings is 3. The van der Waals surface area contributed by atoms with Crippen LogP contribution in [-0.4, -0.2) is 43.0 Å². The van der Waals surface area contributed by atoms with Gasteiger partial charge >= 0.3 is 12.2 Å². The third kappa shape index (κ3) is 4.09. The van der Waals surface area contributed by atoms with Crippen molar-refractivity contribution in [1.29, 1.82) is 0 Å². The van der Waals surface area contributed by atoms with Crippen molar-refractivity contribution >= 4 is 34.9 Å². The average molecular weight is 580 g/mol. The maximum Gasteiger partial charge on any atom is 0.423 e. The molecule has 3 N–H and O–H groups in total. The van der Waals surface area contributed by atoms with Crippen molar-refractivity contribution in [1.82, 2.24) is 5.32 Å². The van der Waals surface area contributed by atoms with Crippen LogP contribution in [0.1, 0.15) is 44.6 Å². The zero-order valence-electron chi connectivity index (χ0n) is 20.3. The number of aliphatic hydroxyl groups is 1. The first kappa shape index (κ1) is 26.5. The molecule has 3 aromatic carbocycles. The van der Waals surface area contributed by atoms with Gasteiger partial charge in [-0.3, -0.25) is 9.69 Å². The standard InChI is InChI=1S/C27H19ClF5N3O4/c28-19-3-1-14(29)7-16(19)23-22-17(24(37)35-23)5-12(13-9-40-10-13)6-20(22)34-25(38)36-11-26(39,27(31,32)33)18-8-15(30)2-4-21(18)36/h1-8,13,23,39H,9-11H2,(H,34,38)(H,35,37)/t23-,26-/m0/s1. The van der Waals surface area contributed by atoms with Crippen LogP contribution in [0, 0.1) is 11.6 Å². The van der Waals surface area contributed by atoms with Crippen LogP contribution < -0.4 is 15.5 Å². The van der Waals surface area contributed by atoms with Gasteiger partial charge in [0, 0.05) is 38.9 Å². The molecule has 3 aliphatic heterocycles. The van der Waals surface area contributed by atoms with Gasteiger partial charge in [-0.15, -0.1) is 0 Å². The molecule has 0 radical (unpaired) electrons. The van der Waals surface area contributed by atoms with E-state index >= 15 is 0 Å². The van der Waals surface area contributed by atoms with Gasteiger partial charge < -0.3 is 20.5 Å². The van der Waals surface area contributed by atoms with Crippen molar-refractivity contribution in [2.45, 2.75) is 23.7 Å². The van der Waals surface area contributed by atoms with Crippen LogP contribution in [0.4, 0.5) is 38.1 Å².